The van der Waals surface area contributed by atoms with Gasteiger partial charge < -0.3 is 47.2 Å². The number of hydrogen-bond acceptors (Lipinski definition) is 0. The van der Waals surface area contributed by atoms with E-state index in [2.05, 4.69) is 52.3 Å². The molecular weight excluding hydrogens is 297 g/mol. The molecule has 1 nitrogen and oxygen atoms in total. The van der Waals surface area contributed by atoms with Crippen LogP contribution in [-0.2, 0) is 17.1 Å². The second-order valence-corrected chi connectivity index (χ2v) is 5.22. The predicted molar refractivity (Wildman–Crippen MR) is 75.1 cm³/mol. The molecule has 0 aliphatic rings. The van der Waals surface area contributed by atoms with E-state index in [0.717, 1.165) is 4.48 Å². The molecule has 2 aromatic rings. The summed E-state index contributed by atoms with van der Waals surface area (Å²) in [5.41, 5.74) is 1.46. The number of rotatable bonds is 3. The van der Waals surface area contributed by atoms with E-state index in [4.69, 9.17) is 0 Å². The van der Waals surface area contributed by atoms with Crippen molar-refractivity contribution in [2.24, 2.45) is 0 Å². The molecule has 0 heterocycles. The number of halogens is 1. The third-order valence-electron chi connectivity index (χ3n) is 2.95. The van der Waals surface area contributed by atoms with E-state index in [1.165, 1.54) is 12.0 Å². The van der Waals surface area contributed by atoms with Crippen molar-refractivity contribution in [1.82, 2.24) is 0 Å². The van der Waals surface area contributed by atoms with Crippen LogP contribution in [0.5, 0.6) is 0 Å². The van der Waals surface area contributed by atoms with E-state index in [1.807, 2.05) is 30.3 Å². The van der Waals surface area contributed by atoms with E-state index in [1.54, 1.807) is 0 Å². The standard InChI is InChI=1S/C11H19N.C5H5.ClH.Fe/c1-5-11(12(2,3)4)10-8-6-7-9-10;1-2-4-5-3-1;;/h6-9,11H,5H2,1-4H3;1-5H;1H;/q;-5;;/p-1. The average molecular weight is 322 g/mol. The fourth-order valence-corrected chi connectivity index (χ4v) is 2.16. The van der Waals surface area contributed by atoms with Gasteiger partial charge in [0.25, 0.3) is 0 Å². The third-order valence-corrected chi connectivity index (χ3v) is 2.95. The van der Waals surface area contributed by atoms with Crippen molar-refractivity contribution in [3.05, 3.63) is 60.2 Å². The SMILES string of the molecule is CCC([c-]1cccc1)[N+](C)(C)C.[Cl-].[Fe].[cH-]1[cH-][cH-][cH-][cH-]1. The molecule has 0 fully saturated rings. The van der Waals surface area contributed by atoms with Crippen molar-refractivity contribution < 1.29 is 34.0 Å². The van der Waals surface area contributed by atoms with Gasteiger partial charge in [-0.2, -0.15) is 12.1 Å². The van der Waals surface area contributed by atoms with Gasteiger partial charge in [-0.05, 0) is 6.42 Å². The first-order valence-corrected chi connectivity index (χ1v) is 6.25. The van der Waals surface area contributed by atoms with E-state index < -0.39 is 0 Å². The molecule has 19 heavy (non-hydrogen) atoms. The van der Waals surface area contributed by atoms with Crippen LogP contribution in [0.15, 0.2) is 54.6 Å². The van der Waals surface area contributed by atoms with Gasteiger partial charge >= 0.3 is 0 Å². The van der Waals surface area contributed by atoms with Gasteiger partial charge in [0.05, 0.1) is 27.2 Å². The maximum absolute atomic E-state index is 2.25. The molecule has 0 spiro atoms. The molecule has 0 saturated heterocycles. The number of quaternary nitrogens is 1. The Labute approximate surface area is 134 Å². The summed E-state index contributed by atoms with van der Waals surface area (Å²) in [7, 11) is 6.75. The van der Waals surface area contributed by atoms with Crippen LogP contribution in [0, 0.1) is 0 Å². The first kappa shape index (κ1) is 20.8. The summed E-state index contributed by atoms with van der Waals surface area (Å²) in [5.74, 6) is 0. The van der Waals surface area contributed by atoms with Crippen molar-refractivity contribution >= 4 is 0 Å². The molecule has 3 heteroatoms. The van der Waals surface area contributed by atoms with E-state index in [0.29, 0.717) is 6.04 Å². The van der Waals surface area contributed by atoms with Gasteiger partial charge in [-0.3, -0.25) is 0 Å². The van der Waals surface area contributed by atoms with Crippen molar-refractivity contribution in [2.45, 2.75) is 19.4 Å². The van der Waals surface area contributed by atoms with Gasteiger partial charge in [0.2, 0.25) is 0 Å². The second kappa shape index (κ2) is 10.3. The monoisotopic (exact) mass is 321 g/mol. The molecule has 0 N–H and O–H groups in total. The van der Waals surface area contributed by atoms with Gasteiger partial charge in [-0.1, -0.05) is 6.92 Å². The predicted octanol–water partition coefficient (Wildman–Crippen LogP) is 0.970. The first-order valence-electron chi connectivity index (χ1n) is 6.25. The minimum atomic E-state index is 0. The maximum Gasteiger partial charge on any atom is 0.0705 e. The zero-order chi connectivity index (χ0) is 12.7. The topological polar surface area (TPSA) is 0 Å². The minimum Gasteiger partial charge on any atom is -1.00 e. The Hall–Kier alpha value is -0.531. The number of hydrogen-bond donors (Lipinski definition) is 0. The zero-order valence-corrected chi connectivity index (χ0v) is 14.0. The van der Waals surface area contributed by atoms with E-state index in [9.17, 15) is 0 Å². The van der Waals surface area contributed by atoms with Crippen molar-refractivity contribution in [1.29, 1.82) is 0 Å². The smallest absolute Gasteiger partial charge is 0.0705 e. The van der Waals surface area contributed by atoms with Crippen molar-refractivity contribution in [3.63, 3.8) is 0 Å². The van der Waals surface area contributed by atoms with Crippen molar-refractivity contribution in [2.75, 3.05) is 21.1 Å². The van der Waals surface area contributed by atoms with Crippen LogP contribution in [0.2, 0.25) is 0 Å². The summed E-state index contributed by atoms with van der Waals surface area (Å²) in [6, 6.07) is 19.3. The van der Waals surface area contributed by atoms with Crippen LogP contribution in [0.3, 0.4) is 0 Å². The maximum atomic E-state index is 2.25. The summed E-state index contributed by atoms with van der Waals surface area (Å²) in [6.45, 7) is 2.25. The average Bonchev–Trinajstić information content (AvgIpc) is 2.92. The Morgan fingerprint density at radius 2 is 1.32 bits per heavy atom. The minimum absolute atomic E-state index is 0. The molecule has 0 aromatic heterocycles. The molecular formula is C16H24ClFeN-6. The molecule has 0 aliphatic heterocycles. The quantitative estimate of drug-likeness (QED) is 0.449. The molecule has 2 aromatic carbocycles. The van der Waals surface area contributed by atoms with E-state index >= 15 is 0 Å². The van der Waals surface area contributed by atoms with Gasteiger partial charge in [0.15, 0.2) is 0 Å². The van der Waals surface area contributed by atoms with Crippen LogP contribution in [0.4, 0.5) is 0 Å². The molecule has 0 radical (unpaired) electrons. The summed E-state index contributed by atoms with van der Waals surface area (Å²) in [6.07, 6.45) is 1.20. The van der Waals surface area contributed by atoms with Crippen LogP contribution < -0.4 is 12.4 Å². The van der Waals surface area contributed by atoms with E-state index in [-0.39, 0.29) is 29.5 Å². The first-order chi connectivity index (χ1) is 8.05. The van der Waals surface area contributed by atoms with Gasteiger partial charge in [-0.15, -0.1) is 5.56 Å². The molecule has 0 aliphatic carbocycles. The van der Waals surface area contributed by atoms with Crippen LogP contribution >= 0.6 is 0 Å². The van der Waals surface area contributed by atoms with Gasteiger partial charge in [-0.25, -0.2) is 12.1 Å². The Kier molecular flexibility index (Phi) is 11.2. The van der Waals surface area contributed by atoms with Gasteiger partial charge in [0.1, 0.15) is 0 Å². The molecule has 2 rings (SSSR count). The molecule has 0 saturated carbocycles. The second-order valence-electron chi connectivity index (χ2n) is 5.22. The Morgan fingerprint density at radius 3 is 1.58 bits per heavy atom. The number of nitrogens with zero attached hydrogens (tertiary/aromatic N) is 1. The van der Waals surface area contributed by atoms with Crippen LogP contribution in [0.25, 0.3) is 0 Å². The Morgan fingerprint density at radius 1 is 0.947 bits per heavy atom. The molecule has 1 atom stereocenters. The Bertz CT molecular complexity index is 356. The van der Waals surface area contributed by atoms with Crippen molar-refractivity contribution in [3.8, 4) is 0 Å². The molecule has 114 valence electrons. The third kappa shape index (κ3) is 7.59. The summed E-state index contributed by atoms with van der Waals surface area (Å²) < 4.78 is 1.01. The van der Waals surface area contributed by atoms with Gasteiger partial charge in [0, 0.05) is 17.1 Å². The fourth-order valence-electron chi connectivity index (χ4n) is 2.16. The zero-order valence-electron chi connectivity index (χ0n) is 12.2. The largest absolute Gasteiger partial charge is 1.00 e. The fraction of sp³-hybridized carbons (Fsp3) is 0.375. The van der Waals surface area contributed by atoms with Crippen LogP contribution in [-0.4, -0.2) is 25.6 Å². The Balaban J connectivity index is 0. The normalized spacial score (nSPS) is 11.4. The molecule has 0 bridgehead atoms. The summed E-state index contributed by atoms with van der Waals surface area (Å²) in [5, 5.41) is 0. The van der Waals surface area contributed by atoms with Crippen LogP contribution in [0.1, 0.15) is 24.9 Å². The molecule has 0 amide bonds. The molecule has 1 unspecified atom stereocenters. The summed E-state index contributed by atoms with van der Waals surface area (Å²) >= 11 is 0. The summed E-state index contributed by atoms with van der Waals surface area (Å²) in [4.78, 5) is 0.